The lowest BCUT2D eigenvalue weighted by atomic mass is 10.0. The van der Waals surface area contributed by atoms with Gasteiger partial charge in [-0.3, -0.25) is 14.4 Å². The maximum Gasteiger partial charge on any atom is 0.272 e. The van der Waals surface area contributed by atoms with Crippen molar-refractivity contribution in [2.75, 3.05) is 10.6 Å². The first-order chi connectivity index (χ1) is 25.9. The number of thiazole rings is 1. The van der Waals surface area contributed by atoms with E-state index in [1.54, 1.807) is 54.6 Å². The third-order valence-electron chi connectivity index (χ3n) is 8.23. The topological polar surface area (TPSA) is 100 Å². The summed E-state index contributed by atoms with van der Waals surface area (Å²) in [6, 6.07) is 45.0. The largest absolute Gasteiger partial charge is 0.321 e. The van der Waals surface area contributed by atoms with Gasteiger partial charge in [0.05, 0.1) is 5.69 Å². The van der Waals surface area contributed by atoms with Crippen LogP contribution >= 0.6 is 23.1 Å². The Hall–Kier alpha value is -6.36. The highest BCUT2D eigenvalue weighted by molar-refractivity contribution is 8.00. The van der Waals surface area contributed by atoms with Crippen molar-refractivity contribution in [2.24, 2.45) is 0 Å². The zero-order valence-corrected chi connectivity index (χ0v) is 29.7. The van der Waals surface area contributed by atoms with Crippen LogP contribution in [0.3, 0.4) is 0 Å². The highest BCUT2D eigenvalue weighted by Gasteiger charge is 2.24. The number of fused-ring (bicyclic) bond motifs is 1. The second-order valence-electron chi connectivity index (χ2n) is 11.9. The molecule has 7 nitrogen and oxygen atoms in total. The minimum Gasteiger partial charge on any atom is -0.321 e. The first-order valence-corrected chi connectivity index (χ1v) is 18.4. The molecule has 0 aliphatic carbocycles. The Labute approximate surface area is 313 Å². The van der Waals surface area contributed by atoms with Crippen molar-refractivity contribution >= 4 is 68.5 Å². The number of amides is 3. The van der Waals surface area contributed by atoms with Crippen LogP contribution in [0.25, 0.3) is 28.1 Å². The molecule has 1 aromatic heterocycles. The quantitative estimate of drug-likeness (QED) is 0.0908. The average Bonchev–Trinajstić information content (AvgIpc) is 3.66. The number of hydrogen-bond acceptors (Lipinski definition) is 6. The van der Waals surface area contributed by atoms with Crippen LogP contribution < -0.4 is 16.0 Å². The third-order valence-corrected chi connectivity index (χ3v) is 10.3. The Bertz CT molecular complexity index is 2410. The first-order valence-electron chi connectivity index (χ1n) is 16.6. The van der Waals surface area contributed by atoms with Crippen LogP contribution in [0.1, 0.15) is 26.7 Å². The van der Waals surface area contributed by atoms with E-state index >= 15 is 0 Å². The number of halogens is 1. The number of anilines is 2. The number of aromatic nitrogens is 1. The first kappa shape index (κ1) is 35.1. The molecule has 1 heterocycles. The fourth-order valence-corrected chi connectivity index (χ4v) is 7.33. The van der Waals surface area contributed by atoms with Crippen LogP contribution in [0, 0.1) is 5.82 Å². The van der Waals surface area contributed by atoms with E-state index in [0.717, 1.165) is 32.4 Å². The molecule has 3 amide bonds. The molecule has 1 atom stereocenters. The summed E-state index contributed by atoms with van der Waals surface area (Å²) in [6.07, 6.45) is 1.68. The van der Waals surface area contributed by atoms with E-state index in [4.69, 9.17) is 0 Å². The molecule has 1 unspecified atom stereocenters. The lowest BCUT2D eigenvalue weighted by molar-refractivity contribution is -0.116. The van der Waals surface area contributed by atoms with Crippen LogP contribution in [0.2, 0.25) is 0 Å². The van der Waals surface area contributed by atoms with Gasteiger partial charge < -0.3 is 16.0 Å². The molecular weight excluding hydrogens is 704 g/mol. The van der Waals surface area contributed by atoms with Gasteiger partial charge in [-0.2, -0.15) is 0 Å². The molecule has 0 spiro atoms. The predicted octanol–water partition coefficient (Wildman–Crippen LogP) is 9.98. The summed E-state index contributed by atoms with van der Waals surface area (Å²) in [4.78, 5) is 46.0. The predicted molar refractivity (Wildman–Crippen MR) is 212 cm³/mol. The molecule has 0 bridgehead atoms. The smallest absolute Gasteiger partial charge is 0.272 e. The number of carbonyl (C=O) groups excluding carboxylic acids is 3. The summed E-state index contributed by atoms with van der Waals surface area (Å²) >= 11 is 2.65. The minimum absolute atomic E-state index is 0.0826. The molecule has 0 saturated carbocycles. The van der Waals surface area contributed by atoms with Crippen molar-refractivity contribution in [1.82, 2.24) is 10.3 Å². The molecule has 0 aliphatic heterocycles. The maximum absolute atomic E-state index is 13.8. The third kappa shape index (κ3) is 8.75. The molecule has 6 aromatic carbocycles. The van der Waals surface area contributed by atoms with Crippen molar-refractivity contribution in [3.63, 3.8) is 0 Å². The summed E-state index contributed by atoms with van der Waals surface area (Å²) < 4.78 is 13.4. The van der Waals surface area contributed by atoms with Crippen LogP contribution in [0.5, 0.6) is 0 Å². The average molecular weight is 735 g/mol. The normalized spacial score (nSPS) is 11.8. The Kier molecular flexibility index (Phi) is 10.8. The molecule has 260 valence electrons. The molecular formula is C43H31FN4O3S2. The van der Waals surface area contributed by atoms with Crippen LogP contribution in [-0.2, 0) is 9.59 Å². The molecule has 7 aromatic rings. The number of carbonyl (C=O) groups is 3. The van der Waals surface area contributed by atoms with Crippen molar-refractivity contribution in [3.05, 3.63) is 185 Å². The van der Waals surface area contributed by atoms with Crippen molar-refractivity contribution in [2.45, 2.75) is 10.1 Å². The zero-order valence-electron chi connectivity index (χ0n) is 28.0. The number of nitrogens with zero attached hydrogens (tertiary/aromatic N) is 1. The molecule has 7 rings (SSSR count). The Morgan fingerprint density at radius 1 is 0.717 bits per heavy atom. The van der Waals surface area contributed by atoms with Gasteiger partial charge in [0.1, 0.15) is 16.8 Å². The Morgan fingerprint density at radius 2 is 1.40 bits per heavy atom. The number of rotatable bonds is 11. The monoisotopic (exact) mass is 734 g/mol. The summed E-state index contributed by atoms with van der Waals surface area (Å²) in [5.74, 6) is -1.49. The molecule has 0 radical (unpaired) electrons. The second-order valence-corrected chi connectivity index (χ2v) is 13.9. The van der Waals surface area contributed by atoms with Crippen molar-refractivity contribution in [3.8, 4) is 11.3 Å². The SMILES string of the molecule is O=C(Nc1ccc(SC(C(=O)Nc2nc(-c3ccc(F)cc3)cs2)c2ccccc2)cc1)/C(=C/c1cccc2ccccc12)NC(=O)c1ccccc1. The number of benzene rings is 6. The van der Waals surface area contributed by atoms with Gasteiger partial charge in [0.25, 0.3) is 11.8 Å². The molecule has 53 heavy (non-hydrogen) atoms. The Morgan fingerprint density at radius 3 is 2.15 bits per heavy atom. The van der Waals surface area contributed by atoms with E-state index in [1.165, 1.54) is 35.2 Å². The minimum atomic E-state index is -0.613. The lowest BCUT2D eigenvalue weighted by Crippen LogP contribution is -2.30. The fraction of sp³-hybridized carbons (Fsp3) is 0.0233. The van der Waals surface area contributed by atoms with E-state index in [-0.39, 0.29) is 17.4 Å². The standard InChI is InChI=1S/C43H31FN4O3S2/c44-33-20-18-29(19-21-33)38-27-52-43(47-38)48-42(51)39(30-11-3-1-4-12-30)53-35-24-22-34(23-25-35)45-41(50)37(46-40(49)31-13-5-2-6-14-31)26-32-16-9-15-28-10-7-8-17-36(28)32/h1-27,39H,(H,45,50)(H,46,49)(H,47,48,51)/b37-26-. The second kappa shape index (κ2) is 16.3. The van der Waals surface area contributed by atoms with Crippen molar-refractivity contribution in [1.29, 1.82) is 0 Å². The van der Waals surface area contributed by atoms with Gasteiger partial charge >= 0.3 is 0 Å². The van der Waals surface area contributed by atoms with Gasteiger partial charge in [-0.25, -0.2) is 9.37 Å². The van der Waals surface area contributed by atoms with Gasteiger partial charge in [-0.05, 0) is 88.6 Å². The van der Waals surface area contributed by atoms with Gasteiger partial charge in [0.15, 0.2) is 5.13 Å². The van der Waals surface area contributed by atoms with Crippen LogP contribution in [0.15, 0.2) is 168 Å². The fourth-order valence-electron chi connectivity index (χ4n) is 5.58. The molecule has 3 N–H and O–H groups in total. The van der Waals surface area contributed by atoms with E-state index in [1.807, 2.05) is 96.4 Å². The van der Waals surface area contributed by atoms with E-state index < -0.39 is 17.1 Å². The molecule has 0 saturated heterocycles. The highest BCUT2D eigenvalue weighted by atomic mass is 32.2. The summed E-state index contributed by atoms with van der Waals surface area (Å²) in [5, 5.41) is 12.3. The van der Waals surface area contributed by atoms with Gasteiger partial charge in [-0.1, -0.05) is 91.0 Å². The lowest BCUT2D eigenvalue weighted by Gasteiger charge is -2.17. The number of hydrogen-bond donors (Lipinski definition) is 3. The van der Waals surface area contributed by atoms with Gasteiger partial charge in [-0.15, -0.1) is 23.1 Å². The van der Waals surface area contributed by atoms with E-state index in [2.05, 4.69) is 20.9 Å². The zero-order chi connectivity index (χ0) is 36.6. The van der Waals surface area contributed by atoms with Gasteiger partial charge in [0, 0.05) is 27.1 Å². The molecule has 10 heteroatoms. The highest BCUT2D eigenvalue weighted by Crippen LogP contribution is 2.37. The van der Waals surface area contributed by atoms with Crippen LogP contribution in [-0.4, -0.2) is 22.7 Å². The summed E-state index contributed by atoms with van der Waals surface area (Å²) in [7, 11) is 0. The van der Waals surface area contributed by atoms with E-state index in [9.17, 15) is 18.8 Å². The number of thioether (sulfide) groups is 1. The van der Waals surface area contributed by atoms with Crippen molar-refractivity contribution < 1.29 is 18.8 Å². The van der Waals surface area contributed by atoms with E-state index in [0.29, 0.717) is 22.1 Å². The van der Waals surface area contributed by atoms with Crippen LogP contribution in [0.4, 0.5) is 15.2 Å². The molecule has 0 aliphatic rings. The summed E-state index contributed by atoms with van der Waals surface area (Å²) in [6.45, 7) is 0. The Balaban J connectivity index is 1.09. The molecule has 0 fully saturated rings. The number of nitrogens with one attached hydrogen (secondary N) is 3. The van der Waals surface area contributed by atoms with Gasteiger partial charge in [0.2, 0.25) is 5.91 Å². The summed E-state index contributed by atoms with van der Waals surface area (Å²) in [5.41, 5.74) is 3.99. The maximum atomic E-state index is 13.8.